The molecule has 0 aliphatic carbocycles. The summed E-state index contributed by atoms with van der Waals surface area (Å²) in [5, 5.41) is 3.27. The van der Waals surface area contributed by atoms with Crippen molar-refractivity contribution in [3.8, 4) is 17.0 Å². The fourth-order valence-corrected chi connectivity index (χ4v) is 3.97. The second-order valence-corrected chi connectivity index (χ2v) is 7.99. The van der Waals surface area contributed by atoms with Crippen LogP contribution in [0, 0.1) is 5.82 Å². The number of nitrogens with zero attached hydrogens (tertiary/aromatic N) is 3. The van der Waals surface area contributed by atoms with Crippen LogP contribution in [-0.4, -0.2) is 36.0 Å². The predicted octanol–water partition coefficient (Wildman–Crippen LogP) is 5.32. The van der Waals surface area contributed by atoms with Gasteiger partial charge in [-0.3, -0.25) is 4.79 Å². The Morgan fingerprint density at radius 1 is 1.21 bits per heavy atom. The molecular weight excluding hydrogens is 419 g/mol. The van der Waals surface area contributed by atoms with Crippen molar-refractivity contribution in [2.75, 3.05) is 30.4 Å². The van der Waals surface area contributed by atoms with E-state index in [2.05, 4.69) is 38.9 Å². The molecule has 170 valence electrons. The third kappa shape index (κ3) is 5.37. The van der Waals surface area contributed by atoms with Gasteiger partial charge in [0.25, 0.3) is 0 Å². The number of hydrogen-bond acceptors (Lipinski definition) is 6. The fraction of sp³-hybridized carbons (Fsp3) is 0.269. The van der Waals surface area contributed by atoms with Crippen LogP contribution in [0.15, 0.2) is 61.3 Å². The molecule has 6 nitrogen and oxygen atoms in total. The minimum absolute atomic E-state index is 0.0645. The van der Waals surface area contributed by atoms with Crippen LogP contribution in [0.2, 0.25) is 0 Å². The first kappa shape index (κ1) is 22.5. The van der Waals surface area contributed by atoms with E-state index in [1.807, 2.05) is 12.1 Å². The highest BCUT2D eigenvalue weighted by Gasteiger charge is 2.15. The first-order chi connectivity index (χ1) is 16.1. The number of aromatic nitrogens is 2. The molecule has 1 aromatic heterocycles. The molecule has 0 radical (unpaired) electrons. The lowest BCUT2D eigenvalue weighted by Gasteiger charge is -2.29. The van der Waals surface area contributed by atoms with E-state index in [0.717, 1.165) is 18.8 Å². The van der Waals surface area contributed by atoms with Gasteiger partial charge in [-0.15, -0.1) is 0 Å². The van der Waals surface area contributed by atoms with Crippen LogP contribution in [0.5, 0.6) is 5.75 Å². The molecule has 2 aromatic carbocycles. The van der Waals surface area contributed by atoms with Gasteiger partial charge in [-0.1, -0.05) is 12.6 Å². The fourth-order valence-electron chi connectivity index (χ4n) is 3.97. The smallest absolute Gasteiger partial charge is 0.227 e. The topological polar surface area (TPSA) is 67.4 Å². The van der Waals surface area contributed by atoms with Crippen LogP contribution in [0.4, 0.5) is 21.7 Å². The molecule has 0 amide bonds. The van der Waals surface area contributed by atoms with Gasteiger partial charge >= 0.3 is 0 Å². The number of nitrogens with one attached hydrogen (secondary N) is 1. The van der Waals surface area contributed by atoms with Crippen LogP contribution in [0.3, 0.4) is 0 Å². The zero-order chi connectivity index (χ0) is 23.2. The summed E-state index contributed by atoms with van der Waals surface area (Å²) in [6.07, 6.45) is 6.41. The highest BCUT2D eigenvalue weighted by molar-refractivity contribution is 5.91. The Kier molecular flexibility index (Phi) is 6.98. The molecule has 3 aromatic rings. The summed E-state index contributed by atoms with van der Waals surface area (Å²) in [4.78, 5) is 23.1. The number of benzene rings is 2. The number of ketones is 1. The van der Waals surface area contributed by atoms with Crippen molar-refractivity contribution in [2.45, 2.75) is 25.7 Å². The van der Waals surface area contributed by atoms with Crippen molar-refractivity contribution in [2.24, 2.45) is 0 Å². The summed E-state index contributed by atoms with van der Waals surface area (Å²) < 4.78 is 19.7. The van der Waals surface area contributed by atoms with Gasteiger partial charge in [0.1, 0.15) is 11.5 Å². The maximum Gasteiger partial charge on any atom is 0.227 e. The Hall–Kier alpha value is -3.74. The first-order valence-electron chi connectivity index (χ1n) is 11.0. The van der Waals surface area contributed by atoms with Gasteiger partial charge in [-0.05, 0) is 67.3 Å². The third-order valence-corrected chi connectivity index (χ3v) is 5.71. The van der Waals surface area contributed by atoms with Crippen molar-refractivity contribution in [1.82, 2.24) is 9.97 Å². The molecule has 0 unspecified atom stereocenters. The molecule has 1 N–H and O–H groups in total. The highest BCUT2D eigenvalue weighted by Crippen LogP contribution is 2.31. The molecule has 1 aliphatic heterocycles. The van der Waals surface area contributed by atoms with Crippen molar-refractivity contribution in [3.05, 3.63) is 72.7 Å². The number of hydrogen-bond donors (Lipinski definition) is 1. The normalized spacial score (nSPS) is 13.5. The molecule has 0 bridgehead atoms. The quantitative estimate of drug-likeness (QED) is 0.472. The van der Waals surface area contributed by atoms with Crippen molar-refractivity contribution < 1.29 is 13.9 Å². The molecule has 7 heteroatoms. The second kappa shape index (κ2) is 10.3. The maximum absolute atomic E-state index is 14.3. The van der Waals surface area contributed by atoms with Crippen LogP contribution in [0.25, 0.3) is 11.3 Å². The van der Waals surface area contributed by atoms with Crippen LogP contribution in [0.1, 0.15) is 24.8 Å². The number of ether oxygens (including phenoxy) is 1. The average molecular weight is 447 g/mol. The van der Waals surface area contributed by atoms with Gasteiger partial charge in [0.2, 0.25) is 5.95 Å². The lowest BCUT2D eigenvalue weighted by molar-refractivity contribution is -0.114. The number of rotatable bonds is 8. The molecule has 1 aliphatic rings. The minimum atomic E-state index is -0.449. The summed E-state index contributed by atoms with van der Waals surface area (Å²) in [6.45, 7) is 5.58. The molecule has 4 rings (SSSR count). The molecular formula is C26H27FN4O2. The van der Waals surface area contributed by atoms with E-state index in [1.165, 1.54) is 44.2 Å². The number of piperidine rings is 1. The lowest BCUT2D eigenvalue weighted by atomic mass is 10.0. The number of anilines is 3. The number of carbonyl (C=O) groups excluding carboxylic acids is 1. The maximum atomic E-state index is 14.3. The van der Waals surface area contributed by atoms with Crippen molar-refractivity contribution >= 4 is 23.1 Å². The standard InChI is InChI=1S/C26H27FN4O2/c1-3-22(32)15-19-14-18(10-11-23(19)27)25-24(33-2)17-28-26(30-25)29-20-8-7-9-21(16-20)31-12-5-4-6-13-31/h3,7-11,14,16-17H,1,4-6,12-13,15H2,2H3,(H,28,29,30). The molecule has 1 fully saturated rings. The van der Waals surface area contributed by atoms with Crippen LogP contribution < -0.4 is 15.0 Å². The number of methoxy groups -OCH3 is 1. The Morgan fingerprint density at radius 3 is 2.79 bits per heavy atom. The van der Waals surface area contributed by atoms with E-state index in [4.69, 9.17) is 4.74 Å². The lowest BCUT2D eigenvalue weighted by Crippen LogP contribution is -2.29. The average Bonchev–Trinajstić information content (AvgIpc) is 2.86. The summed E-state index contributed by atoms with van der Waals surface area (Å²) in [7, 11) is 1.53. The van der Waals surface area contributed by atoms with E-state index in [1.54, 1.807) is 18.3 Å². The molecule has 0 atom stereocenters. The Bertz CT molecular complexity index is 1160. The van der Waals surface area contributed by atoms with Gasteiger partial charge in [0, 0.05) is 36.4 Å². The van der Waals surface area contributed by atoms with E-state index in [0.29, 0.717) is 23.0 Å². The number of carbonyl (C=O) groups is 1. The van der Waals surface area contributed by atoms with E-state index in [9.17, 15) is 9.18 Å². The van der Waals surface area contributed by atoms with E-state index < -0.39 is 5.82 Å². The van der Waals surface area contributed by atoms with Gasteiger partial charge < -0.3 is 15.0 Å². The summed E-state index contributed by atoms with van der Waals surface area (Å²) >= 11 is 0. The number of allylic oxidation sites excluding steroid dienone is 1. The molecule has 33 heavy (non-hydrogen) atoms. The summed E-state index contributed by atoms with van der Waals surface area (Å²) in [5.74, 6) is 0.149. The molecule has 1 saturated heterocycles. The zero-order valence-electron chi connectivity index (χ0n) is 18.7. The minimum Gasteiger partial charge on any atom is -0.493 e. The molecule has 0 saturated carbocycles. The Balaban J connectivity index is 1.62. The predicted molar refractivity (Wildman–Crippen MR) is 129 cm³/mol. The van der Waals surface area contributed by atoms with E-state index in [-0.39, 0.29) is 17.8 Å². The monoisotopic (exact) mass is 446 g/mol. The number of halogens is 1. The zero-order valence-corrected chi connectivity index (χ0v) is 18.7. The Morgan fingerprint density at radius 2 is 2.03 bits per heavy atom. The largest absolute Gasteiger partial charge is 0.493 e. The van der Waals surface area contributed by atoms with Crippen molar-refractivity contribution in [3.63, 3.8) is 0 Å². The summed E-state index contributed by atoms with van der Waals surface area (Å²) in [5.41, 5.74) is 3.47. The van der Waals surface area contributed by atoms with E-state index >= 15 is 0 Å². The van der Waals surface area contributed by atoms with Crippen LogP contribution >= 0.6 is 0 Å². The van der Waals surface area contributed by atoms with Crippen LogP contribution in [-0.2, 0) is 11.2 Å². The SMILES string of the molecule is C=CC(=O)Cc1cc(-c2nc(Nc3cccc(N4CCCCC4)c3)ncc2OC)ccc1F. The second-order valence-electron chi connectivity index (χ2n) is 7.99. The van der Waals surface area contributed by atoms with Gasteiger partial charge in [0.15, 0.2) is 11.5 Å². The molecule has 2 heterocycles. The van der Waals surface area contributed by atoms with Gasteiger partial charge in [0.05, 0.1) is 13.3 Å². The Labute approximate surface area is 193 Å². The third-order valence-electron chi connectivity index (χ3n) is 5.71. The summed E-state index contributed by atoms with van der Waals surface area (Å²) in [6, 6.07) is 12.7. The first-order valence-corrected chi connectivity index (χ1v) is 11.0. The van der Waals surface area contributed by atoms with Crippen molar-refractivity contribution in [1.29, 1.82) is 0 Å². The highest BCUT2D eigenvalue weighted by atomic mass is 19.1. The van der Waals surface area contributed by atoms with Gasteiger partial charge in [-0.2, -0.15) is 0 Å². The molecule has 0 spiro atoms. The van der Waals surface area contributed by atoms with Gasteiger partial charge in [-0.25, -0.2) is 14.4 Å².